The standard InChI is InChI=1S/C10H10F5NO2S/c11-6-1-2-8(7(12)5-6)19(17,18)9(3-4-16)10(13,14)15/h1-2,5,9H,3-4,16H2. The smallest absolute Gasteiger partial charge is 0.330 e. The van der Waals surface area contributed by atoms with Crippen molar-refractivity contribution in [1.29, 1.82) is 0 Å². The van der Waals surface area contributed by atoms with Crippen LogP contribution in [0.1, 0.15) is 6.42 Å². The molecule has 0 aliphatic heterocycles. The lowest BCUT2D eigenvalue weighted by Gasteiger charge is -2.20. The Hall–Kier alpha value is -1.22. The van der Waals surface area contributed by atoms with Crippen LogP contribution in [0.15, 0.2) is 23.1 Å². The number of sulfone groups is 1. The summed E-state index contributed by atoms with van der Waals surface area (Å²) in [7, 11) is -5.02. The molecule has 0 spiro atoms. The van der Waals surface area contributed by atoms with Gasteiger partial charge < -0.3 is 5.73 Å². The topological polar surface area (TPSA) is 60.2 Å². The molecular weight excluding hydrogens is 293 g/mol. The SMILES string of the molecule is NCCC(C(F)(F)F)S(=O)(=O)c1ccc(F)cc1F. The normalized spacial score (nSPS) is 14.4. The van der Waals surface area contributed by atoms with E-state index in [-0.39, 0.29) is 6.07 Å². The number of rotatable bonds is 4. The molecule has 0 aromatic heterocycles. The molecule has 9 heteroatoms. The third-order valence-corrected chi connectivity index (χ3v) is 4.57. The second-order valence-corrected chi connectivity index (χ2v) is 5.83. The van der Waals surface area contributed by atoms with Crippen molar-refractivity contribution >= 4 is 9.84 Å². The van der Waals surface area contributed by atoms with Crippen molar-refractivity contribution in [3.8, 4) is 0 Å². The zero-order valence-corrected chi connectivity index (χ0v) is 10.2. The lowest BCUT2D eigenvalue weighted by atomic mass is 10.3. The van der Waals surface area contributed by atoms with Gasteiger partial charge in [-0.1, -0.05) is 0 Å². The lowest BCUT2D eigenvalue weighted by Crippen LogP contribution is -2.38. The van der Waals surface area contributed by atoms with E-state index in [9.17, 15) is 30.4 Å². The highest BCUT2D eigenvalue weighted by Crippen LogP contribution is 2.33. The Balaban J connectivity index is 3.35. The molecule has 108 valence electrons. The van der Waals surface area contributed by atoms with Crippen molar-refractivity contribution in [1.82, 2.24) is 0 Å². The first-order valence-electron chi connectivity index (χ1n) is 5.06. The molecule has 0 radical (unpaired) electrons. The van der Waals surface area contributed by atoms with Crippen molar-refractivity contribution in [2.75, 3.05) is 6.54 Å². The molecule has 19 heavy (non-hydrogen) atoms. The van der Waals surface area contributed by atoms with Crippen LogP contribution in [0.2, 0.25) is 0 Å². The molecule has 0 aliphatic rings. The van der Waals surface area contributed by atoms with Gasteiger partial charge in [-0.25, -0.2) is 17.2 Å². The molecule has 1 aromatic rings. The minimum absolute atomic E-state index is 0.211. The molecule has 0 amide bonds. The summed E-state index contributed by atoms with van der Waals surface area (Å²) in [5, 5.41) is -2.81. The molecular formula is C10H10F5NO2S. The number of nitrogens with two attached hydrogens (primary N) is 1. The molecule has 0 fully saturated rings. The summed E-state index contributed by atoms with van der Waals surface area (Å²) in [6.07, 6.45) is -5.98. The minimum Gasteiger partial charge on any atom is -0.330 e. The zero-order chi connectivity index (χ0) is 14.8. The summed E-state index contributed by atoms with van der Waals surface area (Å²) >= 11 is 0. The molecule has 1 aromatic carbocycles. The Morgan fingerprint density at radius 3 is 2.21 bits per heavy atom. The summed E-state index contributed by atoms with van der Waals surface area (Å²) in [5.74, 6) is -2.65. The van der Waals surface area contributed by atoms with E-state index in [0.717, 1.165) is 0 Å². The summed E-state index contributed by atoms with van der Waals surface area (Å²) in [6, 6.07) is 1.25. The van der Waals surface area contributed by atoms with Crippen LogP contribution in [-0.4, -0.2) is 26.4 Å². The molecule has 1 atom stereocenters. The third-order valence-electron chi connectivity index (χ3n) is 2.37. The van der Waals surface area contributed by atoms with Gasteiger partial charge in [0.05, 0.1) is 0 Å². The summed E-state index contributed by atoms with van der Waals surface area (Å²) < 4.78 is 87.5. The van der Waals surface area contributed by atoms with Crippen molar-refractivity contribution in [2.24, 2.45) is 5.73 Å². The Kier molecular flexibility index (Phi) is 4.51. The first-order valence-corrected chi connectivity index (χ1v) is 6.61. The fourth-order valence-electron chi connectivity index (χ4n) is 1.51. The van der Waals surface area contributed by atoms with E-state index in [4.69, 9.17) is 5.73 Å². The van der Waals surface area contributed by atoms with Gasteiger partial charge in [-0.15, -0.1) is 0 Å². The first-order chi connectivity index (χ1) is 8.60. The average molecular weight is 303 g/mol. The quantitative estimate of drug-likeness (QED) is 0.684. The highest BCUT2D eigenvalue weighted by Gasteiger charge is 2.49. The largest absolute Gasteiger partial charge is 0.405 e. The lowest BCUT2D eigenvalue weighted by molar-refractivity contribution is -0.131. The first kappa shape index (κ1) is 15.8. The van der Waals surface area contributed by atoms with Crippen LogP contribution in [0.4, 0.5) is 22.0 Å². The molecule has 1 rings (SSSR count). The predicted octanol–water partition coefficient (Wildman–Crippen LogP) is 2.02. The van der Waals surface area contributed by atoms with Crippen LogP contribution >= 0.6 is 0 Å². The number of alkyl halides is 3. The summed E-state index contributed by atoms with van der Waals surface area (Å²) in [4.78, 5) is -1.19. The molecule has 0 aliphatic carbocycles. The number of hydrogen-bond acceptors (Lipinski definition) is 3. The van der Waals surface area contributed by atoms with E-state index in [2.05, 4.69) is 0 Å². The van der Waals surface area contributed by atoms with Crippen molar-refractivity contribution < 1.29 is 30.4 Å². The van der Waals surface area contributed by atoms with Gasteiger partial charge in [-0.3, -0.25) is 0 Å². The fourth-order valence-corrected chi connectivity index (χ4v) is 3.20. The van der Waals surface area contributed by atoms with Gasteiger partial charge in [0.1, 0.15) is 16.5 Å². The van der Waals surface area contributed by atoms with Gasteiger partial charge in [0, 0.05) is 6.07 Å². The second kappa shape index (κ2) is 5.41. The average Bonchev–Trinajstić information content (AvgIpc) is 2.23. The van der Waals surface area contributed by atoms with Gasteiger partial charge in [0.25, 0.3) is 0 Å². The third kappa shape index (κ3) is 3.41. The Morgan fingerprint density at radius 1 is 1.21 bits per heavy atom. The summed E-state index contributed by atoms with van der Waals surface area (Å²) in [6.45, 7) is -0.535. The van der Waals surface area contributed by atoms with Gasteiger partial charge in [-0.2, -0.15) is 13.2 Å². The number of benzene rings is 1. The zero-order valence-electron chi connectivity index (χ0n) is 9.42. The molecule has 3 nitrogen and oxygen atoms in total. The molecule has 0 saturated heterocycles. The van der Waals surface area contributed by atoms with Crippen molar-refractivity contribution in [3.05, 3.63) is 29.8 Å². The molecule has 0 heterocycles. The van der Waals surface area contributed by atoms with Crippen LogP contribution in [0, 0.1) is 11.6 Å². The van der Waals surface area contributed by atoms with Crippen LogP contribution in [-0.2, 0) is 9.84 Å². The van der Waals surface area contributed by atoms with Gasteiger partial charge in [0.2, 0.25) is 0 Å². The van der Waals surface area contributed by atoms with Crippen molar-refractivity contribution in [2.45, 2.75) is 22.7 Å². The van der Waals surface area contributed by atoms with Crippen LogP contribution in [0.3, 0.4) is 0 Å². The van der Waals surface area contributed by atoms with Gasteiger partial charge >= 0.3 is 6.18 Å². The second-order valence-electron chi connectivity index (χ2n) is 3.73. The van der Waals surface area contributed by atoms with E-state index >= 15 is 0 Å². The van der Waals surface area contributed by atoms with E-state index in [1.807, 2.05) is 0 Å². The monoisotopic (exact) mass is 303 g/mol. The van der Waals surface area contributed by atoms with E-state index in [0.29, 0.717) is 12.1 Å². The molecule has 0 saturated carbocycles. The maximum absolute atomic E-state index is 13.3. The van der Waals surface area contributed by atoms with Gasteiger partial charge in [0.15, 0.2) is 15.1 Å². The Morgan fingerprint density at radius 2 is 1.79 bits per heavy atom. The Labute approximate surface area is 106 Å². The van der Waals surface area contributed by atoms with Crippen LogP contribution in [0.5, 0.6) is 0 Å². The van der Waals surface area contributed by atoms with Crippen LogP contribution < -0.4 is 5.73 Å². The molecule has 1 unspecified atom stereocenters. The maximum atomic E-state index is 13.3. The number of halogens is 5. The Bertz CT molecular complexity index is 556. The highest BCUT2D eigenvalue weighted by atomic mass is 32.2. The van der Waals surface area contributed by atoms with E-state index in [1.54, 1.807) is 0 Å². The van der Waals surface area contributed by atoms with Crippen LogP contribution in [0.25, 0.3) is 0 Å². The number of hydrogen-bond donors (Lipinski definition) is 1. The van der Waals surface area contributed by atoms with E-state index in [1.165, 1.54) is 0 Å². The predicted molar refractivity (Wildman–Crippen MR) is 57.1 cm³/mol. The van der Waals surface area contributed by atoms with Crippen molar-refractivity contribution in [3.63, 3.8) is 0 Å². The maximum Gasteiger partial charge on any atom is 0.405 e. The highest BCUT2D eigenvalue weighted by molar-refractivity contribution is 7.92. The minimum atomic E-state index is -5.08. The fraction of sp³-hybridized carbons (Fsp3) is 0.400. The summed E-state index contributed by atoms with van der Waals surface area (Å²) in [5.41, 5.74) is 4.94. The molecule has 0 bridgehead atoms. The van der Waals surface area contributed by atoms with E-state index < -0.39 is 50.8 Å². The molecule has 2 N–H and O–H groups in total. The van der Waals surface area contributed by atoms with Gasteiger partial charge in [-0.05, 0) is 25.1 Å².